The molecular formula is C31H39ClF2N6O2. The number of hydrogen-bond donors (Lipinski definition) is 2. The number of amides is 2. The highest BCUT2D eigenvalue weighted by Crippen LogP contribution is 2.38. The molecule has 2 amide bonds. The number of likely N-dealkylation sites (tertiary alicyclic amines) is 1. The van der Waals surface area contributed by atoms with Gasteiger partial charge in [0.25, 0.3) is 0 Å². The maximum atomic E-state index is 14.9. The minimum atomic E-state index is -0.641. The third kappa shape index (κ3) is 6.76. The van der Waals surface area contributed by atoms with Gasteiger partial charge in [-0.25, -0.2) is 13.8 Å². The van der Waals surface area contributed by atoms with Gasteiger partial charge in [0.05, 0.1) is 12.5 Å². The van der Waals surface area contributed by atoms with Gasteiger partial charge >= 0.3 is 0 Å². The lowest BCUT2D eigenvalue weighted by molar-refractivity contribution is -0.122. The van der Waals surface area contributed by atoms with Crippen molar-refractivity contribution in [3.63, 3.8) is 0 Å². The largest absolute Gasteiger partial charge is 0.371 e. The number of hydrogen-bond acceptors (Lipinski definition) is 5. The molecule has 8 nitrogen and oxygen atoms in total. The van der Waals surface area contributed by atoms with E-state index in [9.17, 15) is 18.4 Å². The molecule has 226 valence electrons. The first-order chi connectivity index (χ1) is 19.5. The second-order valence-electron chi connectivity index (χ2n) is 12.1. The molecule has 0 radical (unpaired) electrons. The third-order valence-electron chi connectivity index (χ3n) is 8.49. The summed E-state index contributed by atoms with van der Waals surface area (Å²) in [6.07, 6.45) is 4.90. The van der Waals surface area contributed by atoms with Crippen LogP contribution < -0.4 is 16.0 Å². The highest BCUT2D eigenvalue weighted by Gasteiger charge is 2.43. The molecule has 0 unspecified atom stereocenters. The van der Waals surface area contributed by atoms with Crippen LogP contribution in [0.1, 0.15) is 50.7 Å². The minimum absolute atomic E-state index is 0. The first-order valence-corrected chi connectivity index (χ1v) is 14.2. The molecule has 0 aliphatic carbocycles. The molecule has 0 bridgehead atoms. The second kappa shape index (κ2) is 12.8. The minimum Gasteiger partial charge on any atom is -0.371 e. The van der Waals surface area contributed by atoms with Crippen LogP contribution in [-0.2, 0) is 16.1 Å². The van der Waals surface area contributed by atoms with Crippen molar-refractivity contribution in [2.45, 2.75) is 51.6 Å². The van der Waals surface area contributed by atoms with Gasteiger partial charge in [-0.05, 0) is 56.9 Å². The average molecular weight is 601 g/mol. The maximum Gasteiger partial charge on any atom is 0.231 e. The van der Waals surface area contributed by atoms with E-state index in [-0.39, 0.29) is 35.7 Å². The fourth-order valence-corrected chi connectivity index (χ4v) is 6.04. The van der Waals surface area contributed by atoms with Gasteiger partial charge in [0.15, 0.2) is 0 Å². The van der Waals surface area contributed by atoms with Gasteiger partial charge in [0.2, 0.25) is 17.8 Å². The molecule has 3 aromatic rings. The monoisotopic (exact) mass is 600 g/mol. The Bertz CT molecular complexity index is 1420. The highest BCUT2D eigenvalue weighted by atomic mass is 35.5. The van der Waals surface area contributed by atoms with Crippen molar-refractivity contribution in [3.8, 4) is 0 Å². The number of nitrogens with two attached hydrogens (primary N) is 1. The number of nitrogens with zero attached hydrogens (tertiary/aromatic N) is 4. The zero-order chi connectivity index (χ0) is 29.3. The van der Waals surface area contributed by atoms with E-state index in [1.807, 2.05) is 29.0 Å². The highest BCUT2D eigenvalue weighted by molar-refractivity contribution is 5.92. The van der Waals surface area contributed by atoms with Crippen molar-refractivity contribution >= 4 is 35.9 Å². The standard InChI is InChI=1S/C31H38F2N6O2.ClH/c1-31(2,3)39-18-24(23-9-8-22(32)16-26(23)33)25(19-39)29(41)36-30-35-12-15-38(30)17-21-6-4-5-7-27(21)37-13-10-20(11-14-37)28(34)40;/h4-9,12,15-16,20,24-25H,10-11,13-14,17-19H2,1-3H3,(H2,34,40)(H,35,36,41);1H/t24-,25+;/m0./s1. The van der Waals surface area contributed by atoms with Crippen molar-refractivity contribution < 1.29 is 18.4 Å². The number of anilines is 2. The Labute approximate surface area is 251 Å². The van der Waals surface area contributed by atoms with Crippen LogP contribution in [0, 0.1) is 23.5 Å². The molecule has 3 heterocycles. The Morgan fingerprint density at radius 2 is 1.79 bits per heavy atom. The first kappa shape index (κ1) is 31.4. The van der Waals surface area contributed by atoms with Crippen LogP contribution in [0.25, 0.3) is 0 Å². The number of carbonyl (C=O) groups excluding carboxylic acids is 2. The number of primary amides is 1. The SMILES string of the molecule is CC(C)(C)N1C[C@@H](C(=O)Nc2nccn2Cc2ccccc2N2CCC(C(N)=O)CC2)[C@H](c2ccc(F)cc2F)C1.Cl. The molecule has 0 spiro atoms. The van der Waals surface area contributed by atoms with Crippen LogP contribution in [0.15, 0.2) is 54.9 Å². The quantitative estimate of drug-likeness (QED) is 0.407. The third-order valence-corrected chi connectivity index (χ3v) is 8.49. The van der Waals surface area contributed by atoms with Crippen molar-refractivity contribution in [1.82, 2.24) is 14.5 Å². The number of aromatic nitrogens is 2. The summed E-state index contributed by atoms with van der Waals surface area (Å²) in [6.45, 7) is 9.08. The predicted octanol–water partition coefficient (Wildman–Crippen LogP) is 4.79. The molecular weight excluding hydrogens is 562 g/mol. The van der Waals surface area contributed by atoms with Gasteiger partial charge in [-0.2, -0.15) is 0 Å². The van der Waals surface area contributed by atoms with Crippen LogP contribution in [0.2, 0.25) is 0 Å². The normalized spacial score (nSPS) is 19.9. The molecule has 2 aliphatic rings. The molecule has 11 heteroatoms. The van der Waals surface area contributed by atoms with Crippen molar-refractivity contribution in [1.29, 1.82) is 0 Å². The number of piperidine rings is 1. The number of rotatable bonds is 7. The van der Waals surface area contributed by atoms with E-state index in [1.54, 1.807) is 6.20 Å². The number of para-hydroxylation sites is 1. The predicted molar refractivity (Wildman–Crippen MR) is 162 cm³/mol. The van der Waals surface area contributed by atoms with E-state index in [4.69, 9.17) is 5.73 Å². The number of imidazole rings is 1. The summed E-state index contributed by atoms with van der Waals surface area (Å²) in [5.41, 5.74) is 7.77. The molecule has 2 atom stereocenters. The molecule has 2 aromatic carbocycles. The Hall–Kier alpha value is -3.50. The van der Waals surface area contributed by atoms with Crippen LogP contribution >= 0.6 is 12.4 Å². The van der Waals surface area contributed by atoms with E-state index in [0.29, 0.717) is 31.1 Å². The second-order valence-corrected chi connectivity index (χ2v) is 12.1. The molecule has 1 aromatic heterocycles. The Morgan fingerprint density at radius 1 is 1.07 bits per heavy atom. The molecule has 2 saturated heterocycles. The topological polar surface area (TPSA) is 96.5 Å². The summed E-state index contributed by atoms with van der Waals surface area (Å²) in [4.78, 5) is 34.2. The Morgan fingerprint density at radius 3 is 2.45 bits per heavy atom. The number of nitrogens with one attached hydrogen (secondary N) is 1. The summed E-state index contributed by atoms with van der Waals surface area (Å²) in [5, 5.41) is 3.00. The molecule has 5 rings (SSSR count). The van der Waals surface area contributed by atoms with E-state index in [0.717, 1.165) is 43.2 Å². The zero-order valence-corrected chi connectivity index (χ0v) is 25.0. The smallest absolute Gasteiger partial charge is 0.231 e. The van der Waals surface area contributed by atoms with Crippen LogP contribution in [0.4, 0.5) is 20.4 Å². The van der Waals surface area contributed by atoms with E-state index in [1.165, 1.54) is 12.1 Å². The van der Waals surface area contributed by atoms with Crippen LogP contribution in [0.5, 0.6) is 0 Å². The summed E-state index contributed by atoms with van der Waals surface area (Å²) < 4.78 is 30.4. The molecule has 2 aliphatic heterocycles. The van der Waals surface area contributed by atoms with Crippen molar-refractivity contribution in [2.24, 2.45) is 17.6 Å². The summed E-state index contributed by atoms with van der Waals surface area (Å²) >= 11 is 0. The van der Waals surface area contributed by atoms with E-state index in [2.05, 4.69) is 46.9 Å². The van der Waals surface area contributed by atoms with Gasteiger partial charge in [-0.3, -0.25) is 19.8 Å². The zero-order valence-electron chi connectivity index (χ0n) is 24.2. The van der Waals surface area contributed by atoms with Crippen LogP contribution in [-0.4, -0.2) is 58.0 Å². The fourth-order valence-electron chi connectivity index (χ4n) is 6.04. The van der Waals surface area contributed by atoms with Crippen molar-refractivity contribution in [3.05, 3.63) is 77.6 Å². The lowest BCUT2D eigenvalue weighted by atomic mass is 9.88. The Balaban J connectivity index is 0.00000405. The lowest BCUT2D eigenvalue weighted by Gasteiger charge is -2.33. The van der Waals surface area contributed by atoms with Gasteiger partial charge in [-0.15, -0.1) is 12.4 Å². The summed E-state index contributed by atoms with van der Waals surface area (Å²) in [6, 6.07) is 11.7. The summed E-state index contributed by atoms with van der Waals surface area (Å²) in [5.74, 6) is -2.43. The van der Waals surface area contributed by atoms with Gasteiger partial charge in [0, 0.05) is 67.7 Å². The lowest BCUT2D eigenvalue weighted by Crippen LogP contribution is -2.40. The Kier molecular flexibility index (Phi) is 9.57. The average Bonchev–Trinajstić information content (AvgIpc) is 3.56. The fraction of sp³-hybridized carbons (Fsp3) is 0.452. The molecule has 42 heavy (non-hydrogen) atoms. The van der Waals surface area contributed by atoms with Gasteiger partial charge in [-0.1, -0.05) is 24.3 Å². The number of halogens is 3. The number of benzene rings is 2. The maximum absolute atomic E-state index is 14.9. The van der Waals surface area contributed by atoms with E-state index < -0.39 is 23.5 Å². The molecule has 2 fully saturated rings. The molecule has 0 saturated carbocycles. The molecule has 3 N–H and O–H groups in total. The number of carbonyl (C=O) groups is 2. The van der Waals surface area contributed by atoms with Crippen molar-refractivity contribution in [2.75, 3.05) is 36.4 Å². The first-order valence-electron chi connectivity index (χ1n) is 14.2. The van der Waals surface area contributed by atoms with Gasteiger partial charge < -0.3 is 15.2 Å². The van der Waals surface area contributed by atoms with Gasteiger partial charge in [0.1, 0.15) is 11.6 Å². The summed E-state index contributed by atoms with van der Waals surface area (Å²) in [7, 11) is 0. The van der Waals surface area contributed by atoms with E-state index >= 15 is 0 Å². The van der Waals surface area contributed by atoms with Crippen LogP contribution in [0.3, 0.4) is 0 Å².